The summed E-state index contributed by atoms with van der Waals surface area (Å²) in [5.74, 6) is 3.35. The highest BCUT2D eigenvalue weighted by Gasteiger charge is 2.22. The number of ether oxygens (including phenoxy) is 1. The molecule has 0 radical (unpaired) electrons. The molecule has 4 rings (SSSR count). The van der Waals surface area contributed by atoms with Crippen molar-refractivity contribution in [1.82, 2.24) is 30.4 Å². The van der Waals surface area contributed by atoms with Crippen molar-refractivity contribution in [2.24, 2.45) is 12.0 Å². The Hall–Kier alpha value is -2.21. The Morgan fingerprint density at radius 1 is 1.32 bits per heavy atom. The molecule has 0 aliphatic carbocycles. The van der Waals surface area contributed by atoms with Gasteiger partial charge in [-0.1, -0.05) is 25.1 Å². The quantitative estimate of drug-likeness (QED) is 0.276. The molecule has 0 amide bonds. The van der Waals surface area contributed by atoms with E-state index in [1.807, 2.05) is 42.9 Å². The van der Waals surface area contributed by atoms with Gasteiger partial charge in [0.2, 0.25) is 0 Å². The summed E-state index contributed by atoms with van der Waals surface area (Å²) in [7, 11) is 1.96. The largest absolute Gasteiger partial charge is 0.493 e. The third-order valence-corrected chi connectivity index (χ3v) is 6.33. The molecular weight excluding hydrogens is 525 g/mol. The molecule has 0 fully saturated rings. The number of aryl methyl sites for hydroxylation is 2. The van der Waals surface area contributed by atoms with Crippen molar-refractivity contribution in [1.29, 1.82) is 0 Å². The summed E-state index contributed by atoms with van der Waals surface area (Å²) in [6.45, 7) is 5.82. The van der Waals surface area contributed by atoms with E-state index in [1.165, 1.54) is 4.88 Å². The van der Waals surface area contributed by atoms with Crippen LogP contribution in [0.15, 0.2) is 35.5 Å². The molecule has 0 bridgehead atoms. The van der Waals surface area contributed by atoms with E-state index in [0.29, 0.717) is 19.7 Å². The first-order valence-electron chi connectivity index (χ1n) is 10.2. The SMILES string of the molecule is CCc1cnc(CNC(=NCc2nnc(C)n2C)NC2CCOc3ccccc32)s1.I. The van der Waals surface area contributed by atoms with Gasteiger partial charge in [0.15, 0.2) is 11.8 Å². The molecule has 0 spiro atoms. The van der Waals surface area contributed by atoms with Gasteiger partial charge >= 0.3 is 0 Å². The van der Waals surface area contributed by atoms with Crippen LogP contribution in [0, 0.1) is 6.92 Å². The lowest BCUT2D eigenvalue weighted by Gasteiger charge is -2.28. The van der Waals surface area contributed by atoms with E-state index >= 15 is 0 Å². The maximum Gasteiger partial charge on any atom is 0.192 e. The molecule has 0 saturated heterocycles. The van der Waals surface area contributed by atoms with E-state index in [2.05, 4.69) is 38.8 Å². The molecule has 166 valence electrons. The van der Waals surface area contributed by atoms with Gasteiger partial charge in [-0.15, -0.1) is 45.5 Å². The van der Waals surface area contributed by atoms with E-state index in [0.717, 1.165) is 46.8 Å². The number of hydrogen-bond donors (Lipinski definition) is 2. The van der Waals surface area contributed by atoms with Crippen LogP contribution in [0.4, 0.5) is 0 Å². The van der Waals surface area contributed by atoms with Gasteiger partial charge < -0.3 is 19.9 Å². The Labute approximate surface area is 203 Å². The molecule has 1 aliphatic heterocycles. The fourth-order valence-corrected chi connectivity index (χ4v) is 4.10. The second-order valence-electron chi connectivity index (χ2n) is 7.19. The zero-order valence-corrected chi connectivity index (χ0v) is 21.1. The van der Waals surface area contributed by atoms with Crippen LogP contribution in [0.1, 0.15) is 46.5 Å². The van der Waals surface area contributed by atoms with Crippen LogP contribution < -0.4 is 15.4 Å². The summed E-state index contributed by atoms with van der Waals surface area (Å²) in [5.41, 5.74) is 1.15. The van der Waals surface area contributed by atoms with E-state index in [9.17, 15) is 0 Å². The number of rotatable bonds is 6. The normalized spacial score (nSPS) is 15.6. The summed E-state index contributed by atoms with van der Waals surface area (Å²) in [5, 5.41) is 16.4. The predicted octanol–water partition coefficient (Wildman–Crippen LogP) is 3.52. The number of thiazole rings is 1. The molecule has 10 heteroatoms. The fraction of sp³-hybridized carbons (Fsp3) is 0.429. The lowest BCUT2D eigenvalue weighted by Crippen LogP contribution is -2.40. The van der Waals surface area contributed by atoms with Crippen molar-refractivity contribution < 1.29 is 4.74 Å². The molecular formula is C21H28IN7OS. The number of para-hydroxylation sites is 1. The second kappa shape index (κ2) is 10.9. The van der Waals surface area contributed by atoms with Gasteiger partial charge in [-0.25, -0.2) is 9.98 Å². The number of fused-ring (bicyclic) bond motifs is 1. The minimum absolute atomic E-state index is 0. The predicted molar refractivity (Wildman–Crippen MR) is 133 cm³/mol. The van der Waals surface area contributed by atoms with E-state index < -0.39 is 0 Å². The zero-order chi connectivity index (χ0) is 20.9. The molecule has 3 aromatic rings. The van der Waals surface area contributed by atoms with Crippen molar-refractivity contribution in [3.05, 3.63) is 57.6 Å². The number of aromatic nitrogens is 4. The Bertz CT molecular complexity index is 1030. The van der Waals surface area contributed by atoms with Crippen molar-refractivity contribution >= 4 is 41.3 Å². The molecule has 1 atom stereocenters. The number of aliphatic imine (C=N–C) groups is 1. The average Bonchev–Trinajstić information content (AvgIpc) is 3.37. The summed E-state index contributed by atoms with van der Waals surface area (Å²) < 4.78 is 7.75. The van der Waals surface area contributed by atoms with Gasteiger partial charge in [0.1, 0.15) is 23.1 Å². The van der Waals surface area contributed by atoms with Crippen LogP contribution in [-0.2, 0) is 26.6 Å². The molecule has 2 aromatic heterocycles. The number of nitrogens with one attached hydrogen (secondary N) is 2. The third kappa shape index (κ3) is 5.73. The van der Waals surface area contributed by atoms with Crippen LogP contribution in [0.3, 0.4) is 0 Å². The number of hydrogen-bond acceptors (Lipinski definition) is 6. The molecule has 1 aliphatic rings. The van der Waals surface area contributed by atoms with Crippen LogP contribution in [0.5, 0.6) is 5.75 Å². The van der Waals surface area contributed by atoms with Gasteiger partial charge in [0.05, 0.1) is 19.2 Å². The molecule has 31 heavy (non-hydrogen) atoms. The van der Waals surface area contributed by atoms with Crippen molar-refractivity contribution in [3.63, 3.8) is 0 Å². The van der Waals surface area contributed by atoms with Gasteiger partial charge in [0.25, 0.3) is 0 Å². The molecule has 1 unspecified atom stereocenters. The number of benzene rings is 1. The standard InChI is InChI=1S/C21H27N7OS.HI/c1-4-15-11-22-20(30-15)13-24-21(23-12-19-27-26-14(2)28(19)3)25-17-9-10-29-18-8-6-5-7-16(17)18;/h5-8,11,17H,4,9-10,12-13H2,1-3H3,(H2,23,24,25);1H. The first-order chi connectivity index (χ1) is 14.6. The van der Waals surface area contributed by atoms with Gasteiger partial charge in [-0.3, -0.25) is 0 Å². The maximum absolute atomic E-state index is 5.80. The lowest BCUT2D eigenvalue weighted by atomic mass is 10.0. The molecule has 2 N–H and O–H groups in total. The van der Waals surface area contributed by atoms with Gasteiger partial charge in [-0.05, 0) is 19.4 Å². The third-order valence-electron chi connectivity index (χ3n) is 5.19. The highest BCUT2D eigenvalue weighted by Crippen LogP contribution is 2.31. The topological polar surface area (TPSA) is 89.3 Å². The van der Waals surface area contributed by atoms with Crippen LogP contribution in [0.2, 0.25) is 0 Å². The zero-order valence-electron chi connectivity index (χ0n) is 18.0. The van der Waals surface area contributed by atoms with E-state index in [4.69, 9.17) is 9.73 Å². The van der Waals surface area contributed by atoms with E-state index in [1.54, 1.807) is 11.3 Å². The van der Waals surface area contributed by atoms with E-state index in [-0.39, 0.29) is 30.0 Å². The summed E-state index contributed by atoms with van der Waals surface area (Å²) in [6, 6.07) is 8.28. The Balaban J connectivity index is 0.00000272. The van der Waals surface area contributed by atoms with Crippen LogP contribution >= 0.6 is 35.3 Å². The monoisotopic (exact) mass is 553 g/mol. The van der Waals surface area contributed by atoms with Crippen LogP contribution in [0.25, 0.3) is 0 Å². The minimum Gasteiger partial charge on any atom is -0.493 e. The number of guanidine groups is 1. The Morgan fingerprint density at radius 2 is 2.16 bits per heavy atom. The smallest absolute Gasteiger partial charge is 0.192 e. The Morgan fingerprint density at radius 3 is 2.90 bits per heavy atom. The first kappa shape index (κ1) is 23.5. The molecule has 8 nitrogen and oxygen atoms in total. The highest BCUT2D eigenvalue weighted by atomic mass is 127. The second-order valence-corrected chi connectivity index (χ2v) is 8.39. The van der Waals surface area contributed by atoms with Crippen LogP contribution in [-0.4, -0.2) is 32.3 Å². The summed E-state index contributed by atoms with van der Waals surface area (Å²) in [4.78, 5) is 10.6. The lowest BCUT2D eigenvalue weighted by molar-refractivity contribution is 0.261. The molecule has 1 aromatic carbocycles. The van der Waals surface area contributed by atoms with Crippen molar-refractivity contribution in [2.75, 3.05) is 6.61 Å². The average molecular weight is 553 g/mol. The number of nitrogens with zero attached hydrogens (tertiary/aromatic N) is 5. The highest BCUT2D eigenvalue weighted by molar-refractivity contribution is 14.0. The van der Waals surface area contributed by atoms with Gasteiger partial charge in [-0.2, -0.15) is 0 Å². The molecule has 0 saturated carbocycles. The Kier molecular flexibility index (Phi) is 8.24. The first-order valence-corrected chi connectivity index (χ1v) is 11.0. The fourth-order valence-electron chi connectivity index (χ4n) is 3.30. The number of halogens is 1. The van der Waals surface area contributed by atoms with Gasteiger partial charge in [0, 0.05) is 30.1 Å². The van der Waals surface area contributed by atoms with Crippen molar-refractivity contribution in [3.8, 4) is 5.75 Å². The summed E-state index contributed by atoms with van der Waals surface area (Å²) in [6.07, 6.45) is 3.82. The minimum atomic E-state index is 0. The molecule has 3 heterocycles. The summed E-state index contributed by atoms with van der Waals surface area (Å²) >= 11 is 1.73. The van der Waals surface area contributed by atoms with Crippen molar-refractivity contribution in [2.45, 2.75) is 45.8 Å². The maximum atomic E-state index is 5.80.